The van der Waals surface area contributed by atoms with Crippen molar-refractivity contribution in [1.29, 1.82) is 0 Å². The van der Waals surface area contributed by atoms with Gasteiger partial charge in [0.1, 0.15) is 0 Å². The Morgan fingerprint density at radius 2 is 2.11 bits per heavy atom. The van der Waals surface area contributed by atoms with Crippen molar-refractivity contribution in [3.63, 3.8) is 0 Å². The van der Waals surface area contributed by atoms with Gasteiger partial charge in [0.05, 0.1) is 5.56 Å². The van der Waals surface area contributed by atoms with Gasteiger partial charge in [-0.1, -0.05) is 6.92 Å². The Hall–Kier alpha value is -1.04. The second-order valence-corrected chi connectivity index (χ2v) is 5.95. The molecule has 6 heteroatoms. The fourth-order valence-corrected chi connectivity index (χ4v) is 3.11. The van der Waals surface area contributed by atoms with Gasteiger partial charge in [0.2, 0.25) is 0 Å². The molecule has 0 bridgehead atoms. The van der Waals surface area contributed by atoms with E-state index in [0.717, 1.165) is 11.8 Å². The third-order valence-corrected chi connectivity index (χ3v) is 4.04. The van der Waals surface area contributed by atoms with E-state index in [2.05, 4.69) is 0 Å². The molecule has 1 aromatic rings. The Labute approximate surface area is 108 Å². The van der Waals surface area contributed by atoms with Crippen LogP contribution in [0.4, 0.5) is 24.5 Å². The average molecular weight is 276 g/mol. The molecule has 1 unspecified atom stereocenters. The standard InChI is InChI=1S/C12H15F3N2S/c1-8-7-17(4-5-18-8)11-3-2-9(16)6-10(11)12(13,14)15/h2-3,6,8H,4-5,7,16H2,1H3. The van der Waals surface area contributed by atoms with Crippen LogP contribution in [0.2, 0.25) is 0 Å². The Morgan fingerprint density at radius 3 is 2.72 bits per heavy atom. The molecule has 1 aromatic carbocycles. The first-order chi connectivity index (χ1) is 8.38. The SMILES string of the molecule is CC1CN(c2ccc(N)cc2C(F)(F)F)CCS1. The van der Waals surface area contributed by atoms with Crippen LogP contribution in [-0.4, -0.2) is 24.1 Å². The Balaban J connectivity index is 2.37. The molecule has 2 rings (SSSR count). The summed E-state index contributed by atoms with van der Waals surface area (Å²) in [6.45, 7) is 3.31. The summed E-state index contributed by atoms with van der Waals surface area (Å²) < 4.78 is 39.0. The maximum absolute atomic E-state index is 13.0. The second kappa shape index (κ2) is 4.91. The number of hydrogen-bond acceptors (Lipinski definition) is 3. The molecule has 1 aliphatic heterocycles. The molecular formula is C12H15F3N2S. The van der Waals surface area contributed by atoms with Crippen LogP contribution in [0, 0.1) is 0 Å². The molecule has 1 heterocycles. The van der Waals surface area contributed by atoms with Crippen molar-refractivity contribution in [3.8, 4) is 0 Å². The molecule has 1 saturated heterocycles. The van der Waals surface area contributed by atoms with Gasteiger partial charge in [0, 0.05) is 35.5 Å². The zero-order valence-electron chi connectivity index (χ0n) is 10.00. The average Bonchev–Trinajstić information content (AvgIpc) is 2.27. The minimum absolute atomic E-state index is 0.144. The maximum atomic E-state index is 13.0. The number of halogens is 3. The van der Waals surface area contributed by atoms with Gasteiger partial charge in [-0.05, 0) is 18.2 Å². The summed E-state index contributed by atoms with van der Waals surface area (Å²) in [7, 11) is 0. The lowest BCUT2D eigenvalue weighted by Gasteiger charge is -2.34. The van der Waals surface area contributed by atoms with Crippen LogP contribution in [0.3, 0.4) is 0 Å². The molecule has 18 heavy (non-hydrogen) atoms. The van der Waals surface area contributed by atoms with Crippen molar-refractivity contribution in [2.75, 3.05) is 29.5 Å². The van der Waals surface area contributed by atoms with E-state index < -0.39 is 11.7 Å². The van der Waals surface area contributed by atoms with Crippen LogP contribution in [0.1, 0.15) is 12.5 Å². The fourth-order valence-electron chi connectivity index (χ4n) is 2.09. The summed E-state index contributed by atoms with van der Waals surface area (Å²) in [5.74, 6) is 0.850. The third kappa shape index (κ3) is 2.85. The highest BCUT2D eigenvalue weighted by molar-refractivity contribution is 8.00. The lowest BCUT2D eigenvalue weighted by Crippen LogP contribution is -2.37. The zero-order chi connectivity index (χ0) is 13.3. The van der Waals surface area contributed by atoms with Gasteiger partial charge in [0.15, 0.2) is 0 Å². The third-order valence-electron chi connectivity index (χ3n) is 2.91. The topological polar surface area (TPSA) is 29.3 Å². The molecule has 0 aromatic heterocycles. The van der Waals surface area contributed by atoms with Crippen LogP contribution >= 0.6 is 11.8 Å². The van der Waals surface area contributed by atoms with Crippen molar-refractivity contribution in [2.45, 2.75) is 18.3 Å². The number of thioether (sulfide) groups is 1. The van der Waals surface area contributed by atoms with Gasteiger partial charge in [-0.25, -0.2) is 0 Å². The lowest BCUT2D eigenvalue weighted by molar-refractivity contribution is -0.137. The number of benzene rings is 1. The number of rotatable bonds is 1. The summed E-state index contributed by atoms with van der Waals surface area (Å²) in [6, 6.07) is 4.01. The molecule has 2 N–H and O–H groups in total. The molecule has 2 nitrogen and oxygen atoms in total. The van der Waals surface area contributed by atoms with Gasteiger partial charge in [-0.2, -0.15) is 24.9 Å². The number of hydrogen-bond donors (Lipinski definition) is 1. The van der Waals surface area contributed by atoms with E-state index in [-0.39, 0.29) is 11.4 Å². The van der Waals surface area contributed by atoms with Crippen molar-refractivity contribution in [1.82, 2.24) is 0 Å². The first-order valence-electron chi connectivity index (χ1n) is 5.71. The van der Waals surface area contributed by atoms with Gasteiger partial charge in [-0.3, -0.25) is 0 Å². The number of nitrogens with two attached hydrogens (primary N) is 1. The van der Waals surface area contributed by atoms with E-state index in [1.807, 2.05) is 6.92 Å². The highest BCUT2D eigenvalue weighted by Crippen LogP contribution is 2.38. The van der Waals surface area contributed by atoms with E-state index in [9.17, 15) is 13.2 Å². The maximum Gasteiger partial charge on any atom is 0.418 e. The normalized spacial score (nSPS) is 21.1. The van der Waals surface area contributed by atoms with Crippen LogP contribution in [-0.2, 0) is 6.18 Å². The van der Waals surface area contributed by atoms with Crippen molar-refractivity contribution in [3.05, 3.63) is 23.8 Å². The van der Waals surface area contributed by atoms with Crippen molar-refractivity contribution >= 4 is 23.1 Å². The fraction of sp³-hybridized carbons (Fsp3) is 0.500. The van der Waals surface area contributed by atoms with Gasteiger partial charge in [0.25, 0.3) is 0 Å². The van der Waals surface area contributed by atoms with E-state index >= 15 is 0 Å². The molecule has 0 radical (unpaired) electrons. The van der Waals surface area contributed by atoms with Crippen LogP contribution < -0.4 is 10.6 Å². The smallest absolute Gasteiger partial charge is 0.399 e. The molecule has 0 aliphatic carbocycles. The quantitative estimate of drug-likeness (QED) is 0.799. The number of alkyl halides is 3. The monoisotopic (exact) mass is 276 g/mol. The predicted molar refractivity (Wildman–Crippen MR) is 70.0 cm³/mol. The van der Waals surface area contributed by atoms with Crippen molar-refractivity contribution in [2.24, 2.45) is 0 Å². The number of nitrogens with zero attached hydrogens (tertiary/aromatic N) is 1. The van der Waals surface area contributed by atoms with Crippen LogP contribution in [0.15, 0.2) is 18.2 Å². The Bertz CT molecular complexity index is 434. The van der Waals surface area contributed by atoms with Gasteiger partial charge in [-0.15, -0.1) is 0 Å². The molecule has 0 saturated carbocycles. The number of anilines is 2. The largest absolute Gasteiger partial charge is 0.418 e. The molecule has 1 aliphatic rings. The van der Waals surface area contributed by atoms with Crippen molar-refractivity contribution < 1.29 is 13.2 Å². The van der Waals surface area contributed by atoms with Crippen LogP contribution in [0.25, 0.3) is 0 Å². The predicted octanol–water partition coefficient (Wildman–Crippen LogP) is 3.23. The summed E-state index contributed by atoms with van der Waals surface area (Å²) in [6.07, 6.45) is -4.36. The molecular weight excluding hydrogens is 261 g/mol. The summed E-state index contributed by atoms with van der Waals surface area (Å²) in [5, 5.41) is 0.345. The first-order valence-corrected chi connectivity index (χ1v) is 6.76. The van der Waals surface area contributed by atoms with Gasteiger partial charge >= 0.3 is 6.18 Å². The van der Waals surface area contributed by atoms with E-state index in [4.69, 9.17) is 5.73 Å². The molecule has 0 amide bonds. The highest BCUT2D eigenvalue weighted by atomic mass is 32.2. The van der Waals surface area contributed by atoms with E-state index in [0.29, 0.717) is 18.3 Å². The van der Waals surface area contributed by atoms with E-state index in [1.165, 1.54) is 12.1 Å². The summed E-state index contributed by atoms with van der Waals surface area (Å²) >= 11 is 1.79. The number of nitrogen functional groups attached to an aromatic ring is 1. The lowest BCUT2D eigenvalue weighted by atomic mass is 10.1. The minimum Gasteiger partial charge on any atom is -0.399 e. The second-order valence-electron chi connectivity index (χ2n) is 4.40. The van der Waals surface area contributed by atoms with Crippen LogP contribution in [0.5, 0.6) is 0 Å². The summed E-state index contributed by atoms with van der Waals surface area (Å²) in [5.41, 5.74) is 5.20. The first kappa shape index (κ1) is 13.4. The van der Waals surface area contributed by atoms with E-state index in [1.54, 1.807) is 16.7 Å². The molecule has 1 atom stereocenters. The summed E-state index contributed by atoms with van der Waals surface area (Å²) in [4.78, 5) is 1.80. The van der Waals surface area contributed by atoms with Gasteiger partial charge < -0.3 is 10.6 Å². The molecule has 100 valence electrons. The zero-order valence-corrected chi connectivity index (χ0v) is 10.8. The molecule has 1 fully saturated rings. The Morgan fingerprint density at radius 1 is 1.39 bits per heavy atom. The minimum atomic E-state index is -4.36. The molecule has 0 spiro atoms. The Kier molecular flexibility index (Phi) is 3.66. The highest BCUT2D eigenvalue weighted by Gasteiger charge is 2.35.